The van der Waals surface area contributed by atoms with Crippen LogP contribution in [-0.4, -0.2) is 5.91 Å². The highest BCUT2D eigenvalue weighted by Crippen LogP contribution is 2.25. The standard InChI is InChI=1S/C18H13BrFNO4/c1-10(22)21-13-3-4-14-11(6-18(23)25-17(14)8-13)9-24-16-5-2-12(19)7-15(16)20/h2-8H,9H2,1H3,(H,21,22). The van der Waals surface area contributed by atoms with Crippen molar-refractivity contribution >= 4 is 38.5 Å². The maximum Gasteiger partial charge on any atom is 0.336 e. The van der Waals surface area contributed by atoms with Gasteiger partial charge in [-0.2, -0.15) is 0 Å². The maximum atomic E-state index is 13.8. The molecular formula is C18H13BrFNO4. The molecule has 2 aromatic carbocycles. The molecule has 0 saturated heterocycles. The van der Waals surface area contributed by atoms with Crippen LogP contribution in [0.3, 0.4) is 0 Å². The van der Waals surface area contributed by atoms with Crippen LogP contribution in [0.25, 0.3) is 11.0 Å². The van der Waals surface area contributed by atoms with Crippen molar-refractivity contribution in [1.82, 2.24) is 0 Å². The number of fused-ring (bicyclic) bond motifs is 1. The topological polar surface area (TPSA) is 68.5 Å². The van der Waals surface area contributed by atoms with Gasteiger partial charge in [-0.1, -0.05) is 15.9 Å². The fourth-order valence-electron chi connectivity index (χ4n) is 2.38. The van der Waals surface area contributed by atoms with E-state index in [1.807, 2.05) is 0 Å². The zero-order valence-corrected chi connectivity index (χ0v) is 14.7. The van der Waals surface area contributed by atoms with Crippen LogP contribution in [0.15, 0.2) is 56.1 Å². The van der Waals surface area contributed by atoms with E-state index >= 15 is 0 Å². The fourth-order valence-corrected chi connectivity index (χ4v) is 2.71. The first kappa shape index (κ1) is 17.2. The number of amides is 1. The number of hydrogen-bond donors (Lipinski definition) is 1. The highest BCUT2D eigenvalue weighted by Gasteiger charge is 2.10. The van der Waals surface area contributed by atoms with E-state index in [4.69, 9.17) is 9.15 Å². The molecule has 0 fully saturated rings. The molecule has 0 aliphatic rings. The van der Waals surface area contributed by atoms with Gasteiger partial charge in [-0.05, 0) is 30.3 Å². The SMILES string of the molecule is CC(=O)Nc1ccc2c(COc3ccc(Br)cc3F)cc(=O)oc2c1. The summed E-state index contributed by atoms with van der Waals surface area (Å²) in [6.07, 6.45) is 0. The summed E-state index contributed by atoms with van der Waals surface area (Å²) >= 11 is 3.18. The predicted octanol–water partition coefficient (Wildman–Crippen LogP) is 4.23. The van der Waals surface area contributed by atoms with Crippen LogP contribution in [0.1, 0.15) is 12.5 Å². The Kier molecular flexibility index (Phi) is 4.85. The Morgan fingerprint density at radius 3 is 2.76 bits per heavy atom. The lowest BCUT2D eigenvalue weighted by atomic mass is 10.1. The van der Waals surface area contributed by atoms with E-state index in [1.54, 1.807) is 24.3 Å². The number of nitrogens with one attached hydrogen (secondary N) is 1. The molecule has 0 saturated carbocycles. The lowest BCUT2D eigenvalue weighted by Gasteiger charge is -2.10. The average molecular weight is 406 g/mol. The van der Waals surface area contributed by atoms with E-state index in [-0.39, 0.29) is 18.3 Å². The molecule has 1 heterocycles. The molecule has 0 unspecified atom stereocenters. The summed E-state index contributed by atoms with van der Waals surface area (Å²) in [5.41, 5.74) is 0.832. The van der Waals surface area contributed by atoms with E-state index in [1.165, 1.54) is 25.1 Å². The van der Waals surface area contributed by atoms with E-state index in [0.717, 1.165) is 0 Å². The third-order valence-electron chi connectivity index (χ3n) is 3.43. The van der Waals surface area contributed by atoms with Crippen LogP contribution in [0.4, 0.5) is 10.1 Å². The van der Waals surface area contributed by atoms with Crippen LogP contribution in [0.5, 0.6) is 5.75 Å². The minimum Gasteiger partial charge on any atom is -0.486 e. The van der Waals surface area contributed by atoms with Gasteiger partial charge in [-0.15, -0.1) is 0 Å². The monoisotopic (exact) mass is 405 g/mol. The van der Waals surface area contributed by atoms with Crippen LogP contribution >= 0.6 is 15.9 Å². The van der Waals surface area contributed by atoms with Gasteiger partial charge in [0.25, 0.3) is 0 Å². The van der Waals surface area contributed by atoms with Gasteiger partial charge in [-0.25, -0.2) is 9.18 Å². The molecule has 7 heteroatoms. The minimum absolute atomic E-state index is 0.000135. The first-order chi connectivity index (χ1) is 11.9. The Labute approximate surface area is 150 Å². The molecule has 1 aromatic heterocycles. The normalized spacial score (nSPS) is 10.7. The van der Waals surface area contributed by atoms with Crippen molar-refractivity contribution in [3.8, 4) is 5.75 Å². The number of halogens is 2. The van der Waals surface area contributed by atoms with E-state index in [9.17, 15) is 14.0 Å². The zero-order valence-electron chi connectivity index (χ0n) is 13.1. The number of hydrogen-bond acceptors (Lipinski definition) is 4. The third kappa shape index (κ3) is 4.06. The molecule has 128 valence electrons. The second kappa shape index (κ2) is 7.06. The number of carbonyl (C=O) groups excluding carboxylic acids is 1. The van der Waals surface area contributed by atoms with Gasteiger partial charge in [0.2, 0.25) is 5.91 Å². The third-order valence-corrected chi connectivity index (χ3v) is 3.92. The zero-order chi connectivity index (χ0) is 18.0. The first-order valence-electron chi connectivity index (χ1n) is 7.34. The summed E-state index contributed by atoms with van der Waals surface area (Å²) in [7, 11) is 0. The number of benzene rings is 2. The van der Waals surface area contributed by atoms with E-state index < -0.39 is 11.4 Å². The van der Waals surface area contributed by atoms with Crippen molar-refractivity contribution in [2.75, 3.05) is 5.32 Å². The summed E-state index contributed by atoms with van der Waals surface area (Å²) in [4.78, 5) is 22.9. The Hall–Kier alpha value is -2.67. The van der Waals surface area contributed by atoms with Gasteiger partial charge < -0.3 is 14.5 Å². The molecule has 3 aromatic rings. The van der Waals surface area contributed by atoms with Crippen molar-refractivity contribution in [1.29, 1.82) is 0 Å². The van der Waals surface area contributed by atoms with Gasteiger partial charge in [0.1, 0.15) is 12.2 Å². The molecule has 0 atom stereocenters. The molecule has 0 aliphatic heterocycles. The quantitative estimate of drug-likeness (QED) is 0.659. The molecule has 0 spiro atoms. The summed E-state index contributed by atoms with van der Waals surface area (Å²) in [5, 5.41) is 3.26. The molecule has 1 amide bonds. The number of ether oxygens (including phenoxy) is 1. The predicted molar refractivity (Wildman–Crippen MR) is 95.2 cm³/mol. The van der Waals surface area contributed by atoms with Crippen LogP contribution in [0.2, 0.25) is 0 Å². The minimum atomic E-state index is -0.553. The summed E-state index contributed by atoms with van der Waals surface area (Å²) in [5.74, 6) is -0.652. The van der Waals surface area contributed by atoms with Crippen molar-refractivity contribution in [3.05, 3.63) is 68.7 Å². The molecule has 1 N–H and O–H groups in total. The Morgan fingerprint density at radius 1 is 1.24 bits per heavy atom. The molecule has 0 aliphatic carbocycles. The largest absolute Gasteiger partial charge is 0.486 e. The lowest BCUT2D eigenvalue weighted by molar-refractivity contribution is -0.114. The molecule has 0 radical (unpaired) electrons. The Balaban J connectivity index is 1.92. The van der Waals surface area contributed by atoms with Gasteiger partial charge in [0, 0.05) is 40.2 Å². The van der Waals surface area contributed by atoms with Crippen LogP contribution < -0.4 is 15.7 Å². The second-order valence-corrected chi connectivity index (χ2v) is 6.26. The number of anilines is 1. The Morgan fingerprint density at radius 2 is 2.04 bits per heavy atom. The van der Waals surface area contributed by atoms with Gasteiger partial charge in [0.05, 0.1) is 0 Å². The number of carbonyl (C=O) groups is 1. The summed E-state index contributed by atoms with van der Waals surface area (Å²) in [6.45, 7) is 1.39. The fraction of sp³-hybridized carbons (Fsp3) is 0.111. The van der Waals surface area contributed by atoms with Gasteiger partial charge in [-0.3, -0.25) is 4.79 Å². The van der Waals surface area contributed by atoms with Gasteiger partial charge >= 0.3 is 5.63 Å². The van der Waals surface area contributed by atoms with Crippen LogP contribution in [-0.2, 0) is 11.4 Å². The summed E-state index contributed by atoms with van der Waals surface area (Å²) in [6, 6.07) is 10.7. The molecule has 25 heavy (non-hydrogen) atoms. The van der Waals surface area contributed by atoms with Crippen molar-refractivity contribution in [3.63, 3.8) is 0 Å². The van der Waals surface area contributed by atoms with Crippen molar-refractivity contribution < 1.29 is 18.3 Å². The van der Waals surface area contributed by atoms with E-state index in [0.29, 0.717) is 26.7 Å². The van der Waals surface area contributed by atoms with Crippen molar-refractivity contribution in [2.45, 2.75) is 13.5 Å². The van der Waals surface area contributed by atoms with Crippen molar-refractivity contribution in [2.24, 2.45) is 0 Å². The molecule has 3 rings (SSSR count). The van der Waals surface area contributed by atoms with Crippen LogP contribution in [0, 0.1) is 5.82 Å². The Bertz CT molecular complexity index is 1020. The highest BCUT2D eigenvalue weighted by molar-refractivity contribution is 9.10. The highest BCUT2D eigenvalue weighted by atomic mass is 79.9. The first-order valence-corrected chi connectivity index (χ1v) is 8.14. The summed E-state index contributed by atoms with van der Waals surface area (Å²) < 4.78 is 25.1. The van der Waals surface area contributed by atoms with Gasteiger partial charge in [0.15, 0.2) is 11.6 Å². The maximum absolute atomic E-state index is 13.8. The second-order valence-electron chi connectivity index (χ2n) is 5.35. The molecule has 5 nitrogen and oxygen atoms in total. The number of rotatable bonds is 4. The molecular weight excluding hydrogens is 393 g/mol. The van der Waals surface area contributed by atoms with E-state index in [2.05, 4.69) is 21.2 Å². The lowest BCUT2D eigenvalue weighted by Crippen LogP contribution is -2.07. The smallest absolute Gasteiger partial charge is 0.336 e. The molecule has 0 bridgehead atoms. The average Bonchev–Trinajstić information content (AvgIpc) is 2.52.